The summed E-state index contributed by atoms with van der Waals surface area (Å²) in [5, 5.41) is 12.5. The summed E-state index contributed by atoms with van der Waals surface area (Å²) in [5.41, 5.74) is 5.39. The minimum Gasteiger partial charge on any atom is -0.481 e. The number of hydrogen-bond donors (Lipinski definition) is 2. The van der Waals surface area contributed by atoms with Crippen LogP contribution in [-0.2, 0) is 28.2 Å². The monoisotopic (exact) mass is 586 g/mol. The topological polar surface area (TPSA) is 79.3 Å². The summed E-state index contributed by atoms with van der Waals surface area (Å²) in [4.78, 5) is 29.2. The highest BCUT2D eigenvalue weighted by Crippen LogP contribution is 2.31. The minimum atomic E-state index is -1.03. The third kappa shape index (κ3) is 10.8. The zero-order chi connectivity index (χ0) is 30.2. The number of aliphatic carboxylic acids is 1. The Morgan fingerprint density at radius 2 is 1.57 bits per heavy atom. The van der Waals surface area contributed by atoms with Crippen LogP contribution in [0.1, 0.15) is 93.8 Å². The quantitative estimate of drug-likeness (QED) is 0.145. The number of benzene rings is 2. The number of aromatic nitrogens is 1. The molecule has 0 spiro atoms. The summed E-state index contributed by atoms with van der Waals surface area (Å²) in [6.07, 6.45) is 12.0. The fourth-order valence-corrected chi connectivity index (χ4v) is 5.85. The molecule has 224 valence electrons. The van der Waals surface area contributed by atoms with Crippen LogP contribution in [0.25, 0.3) is 12.2 Å². The molecule has 0 saturated carbocycles. The normalized spacial score (nSPS) is 11.6. The van der Waals surface area contributed by atoms with Gasteiger partial charge in [-0.1, -0.05) is 75.7 Å². The number of pyridine rings is 1. The van der Waals surface area contributed by atoms with Crippen molar-refractivity contribution in [2.24, 2.45) is 5.41 Å². The van der Waals surface area contributed by atoms with E-state index < -0.39 is 11.4 Å². The van der Waals surface area contributed by atoms with Crippen molar-refractivity contribution in [2.75, 3.05) is 11.1 Å². The molecule has 42 heavy (non-hydrogen) atoms. The first-order valence-electron chi connectivity index (χ1n) is 15.3. The number of carboxylic acid groups (broad SMARTS) is 1. The van der Waals surface area contributed by atoms with Crippen LogP contribution in [0.4, 0.5) is 5.69 Å². The van der Waals surface area contributed by atoms with Crippen molar-refractivity contribution in [3.8, 4) is 0 Å². The minimum absolute atomic E-state index is 0.0445. The van der Waals surface area contributed by atoms with Crippen molar-refractivity contribution >= 4 is 41.5 Å². The van der Waals surface area contributed by atoms with E-state index in [0.29, 0.717) is 18.5 Å². The lowest BCUT2D eigenvalue weighted by Gasteiger charge is -2.25. The molecule has 2 aromatic carbocycles. The largest absolute Gasteiger partial charge is 0.481 e. The first-order chi connectivity index (χ1) is 20.4. The van der Waals surface area contributed by atoms with Crippen molar-refractivity contribution in [3.63, 3.8) is 0 Å². The first-order valence-corrected chi connectivity index (χ1v) is 16.5. The molecule has 0 saturated heterocycles. The number of carbonyl (C=O) groups is 2. The van der Waals surface area contributed by atoms with Gasteiger partial charge in [0.25, 0.3) is 0 Å². The highest BCUT2D eigenvalue weighted by molar-refractivity contribution is 7.98. The van der Waals surface area contributed by atoms with Gasteiger partial charge in [0.15, 0.2) is 0 Å². The van der Waals surface area contributed by atoms with Crippen LogP contribution in [0, 0.1) is 5.41 Å². The second-order valence-electron chi connectivity index (χ2n) is 11.0. The maximum Gasteiger partial charge on any atom is 0.310 e. The molecule has 0 radical (unpaired) electrons. The van der Waals surface area contributed by atoms with Gasteiger partial charge in [0.2, 0.25) is 5.91 Å². The van der Waals surface area contributed by atoms with Crippen molar-refractivity contribution in [1.29, 1.82) is 0 Å². The SMILES string of the molecule is CCCCc1ccc(CCCCSCc2cccc(/C=C/c3cccc(NC(=O)CC(CC)(CC)C(=O)O)c3)n2)cc1. The molecule has 6 heteroatoms. The van der Waals surface area contributed by atoms with Gasteiger partial charge in [-0.05, 0) is 97.7 Å². The Bertz CT molecular complexity index is 1300. The predicted molar refractivity (Wildman–Crippen MR) is 178 cm³/mol. The highest BCUT2D eigenvalue weighted by Gasteiger charge is 2.37. The standard InChI is InChI=1S/C36H46N2O3S/c1-4-7-12-28-18-20-29(21-19-28)13-8-9-24-42-27-33-17-11-15-31(37-33)23-22-30-14-10-16-32(25-30)38-34(39)26-36(5-2,6-3)35(40)41/h10-11,14-23,25H,4-9,12-13,24,26-27H2,1-3H3,(H,38,39)(H,40,41)/b23-22+. The fraction of sp³-hybridized carbons (Fsp3) is 0.417. The van der Waals surface area contributed by atoms with Crippen LogP contribution >= 0.6 is 11.8 Å². The number of anilines is 1. The van der Waals surface area contributed by atoms with E-state index in [9.17, 15) is 14.7 Å². The number of thioether (sulfide) groups is 1. The molecular formula is C36H46N2O3S. The molecule has 0 aliphatic carbocycles. The number of unbranched alkanes of at least 4 members (excludes halogenated alkanes) is 2. The van der Waals surface area contributed by atoms with Crippen LogP contribution in [0.15, 0.2) is 66.7 Å². The number of aryl methyl sites for hydroxylation is 2. The number of hydrogen-bond acceptors (Lipinski definition) is 4. The van der Waals surface area contributed by atoms with Gasteiger partial charge in [-0.3, -0.25) is 14.6 Å². The van der Waals surface area contributed by atoms with Gasteiger partial charge in [0.1, 0.15) is 0 Å². The average molecular weight is 587 g/mol. The Kier molecular flexibility index (Phi) is 13.8. The van der Waals surface area contributed by atoms with Crippen molar-refractivity contribution in [2.45, 2.75) is 84.3 Å². The van der Waals surface area contributed by atoms with E-state index in [0.717, 1.165) is 34.9 Å². The number of rotatable bonds is 18. The third-order valence-corrected chi connectivity index (χ3v) is 8.92. The van der Waals surface area contributed by atoms with Gasteiger partial charge in [-0.15, -0.1) is 0 Å². The number of carbonyl (C=O) groups excluding carboxylic acids is 1. The summed E-state index contributed by atoms with van der Waals surface area (Å²) in [7, 11) is 0. The van der Waals surface area contributed by atoms with Crippen LogP contribution < -0.4 is 5.32 Å². The smallest absolute Gasteiger partial charge is 0.310 e. The summed E-state index contributed by atoms with van der Waals surface area (Å²) < 4.78 is 0. The summed E-state index contributed by atoms with van der Waals surface area (Å²) >= 11 is 1.93. The molecule has 3 aromatic rings. The number of nitrogens with one attached hydrogen (secondary N) is 1. The molecule has 1 heterocycles. The molecule has 0 fully saturated rings. The Hall–Kier alpha value is -3.38. The van der Waals surface area contributed by atoms with Gasteiger partial charge >= 0.3 is 5.97 Å². The maximum atomic E-state index is 12.6. The molecule has 5 nitrogen and oxygen atoms in total. The Balaban J connectivity index is 1.44. The number of carboxylic acids is 1. The summed E-state index contributed by atoms with van der Waals surface area (Å²) in [5.74, 6) is 0.805. The van der Waals surface area contributed by atoms with E-state index >= 15 is 0 Å². The average Bonchev–Trinajstić information content (AvgIpc) is 3.00. The van der Waals surface area contributed by atoms with E-state index in [4.69, 9.17) is 4.98 Å². The molecule has 0 atom stereocenters. The number of nitrogens with zero attached hydrogens (tertiary/aromatic N) is 1. The molecule has 0 bridgehead atoms. The molecule has 0 aliphatic heterocycles. The molecular weight excluding hydrogens is 540 g/mol. The van der Waals surface area contributed by atoms with Gasteiger partial charge in [0.05, 0.1) is 16.8 Å². The van der Waals surface area contributed by atoms with E-state index in [1.165, 1.54) is 43.2 Å². The summed E-state index contributed by atoms with van der Waals surface area (Å²) in [6.45, 7) is 5.86. The van der Waals surface area contributed by atoms with Crippen LogP contribution in [0.5, 0.6) is 0 Å². The van der Waals surface area contributed by atoms with E-state index in [-0.39, 0.29) is 12.3 Å². The second kappa shape index (κ2) is 17.5. The Morgan fingerprint density at radius 1 is 0.881 bits per heavy atom. The first kappa shape index (κ1) is 33.1. The molecule has 1 amide bonds. The van der Waals surface area contributed by atoms with Crippen molar-refractivity contribution < 1.29 is 14.7 Å². The van der Waals surface area contributed by atoms with Crippen LogP contribution in [-0.4, -0.2) is 27.7 Å². The van der Waals surface area contributed by atoms with Crippen molar-refractivity contribution in [3.05, 3.63) is 94.8 Å². The molecule has 1 aromatic heterocycles. The van der Waals surface area contributed by atoms with E-state index in [1.807, 2.05) is 74.2 Å². The third-order valence-electron chi connectivity index (χ3n) is 7.85. The highest BCUT2D eigenvalue weighted by atomic mass is 32.2. The fourth-order valence-electron chi connectivity index (χ4n) is 4.93. The van der Waals surface area contributed by atoms with Gasteiger partial charge < -0.3 is 10.4 Å². The van der Waals surface area contributed by atoms with Crippen LogP contribution in [0.3, 0.4) is 0 Å². The Labute approximate surface area is 256 Å². The van der Waals surface area contributed by atoms with Gasteiger partial charge in [0, 0.05) is 17.9 Å². The molecule has 2 N–H and O–H groups in total. The van der Waals surface area contributed by atoms with Gasteiger partial charge in [-0.25, -0.2) is 0 Å². The van der Waals surface area contributed by atoms with Crippen LogP contribution in [0.2, 0.25) is 0 Å². The zero-order valence-electron chi connectivity index (χ0n) is 25.4. The van der Waals surface area contributed by atoms with Gasteiger partial charge in [-0.2, -0.15) is 11.8 Å². The Morgan fingerprint density at radius 3 is 2.24 bits per heavy atom. The molecule has 3 rings (SSSR count). The molecule has 0 unspecified atom stereocenters. The predicted octanol–water partition coefficient (Wildman–Crippen LogP) is 9.07. The lowest BCUT2D eigenvalue weighted by Crippen LogP contribution is -2.34. The van der Waals surface area contributed by atoms with E-state index in [2.05, 4.69) is 42.6 Å². The maximum absolute atomic E-state index is 12.6. The lowest BCUT2D eigenvalue weighted by molar-refractivity contribution is -0.151. The lowest BCUT2D eigenvalue weighted by atomic mass is 9.79. The molecule has 0 aliphatic rings. The van der Waals surface area contributed by atoms with Crippen molar-refractivity contribution in [1.82, 2.24) is 4.98 Å². The summed E-state index contributed by atoms with van der Waals surface area (Å²) in [6, 6.07) is 22.8. The zero-order valence-corrected chi connectivity index (χ0v) is 26.2. The second-order valence-corrected chi connectivity index (χ2v) is 12.1. The number of amides is 1. The van der Waals surface area contributed by atoms with E-state index in [1.54, 1.807) is 0 Å².